The second kappa shape index (κ2) is 7.56. The van der Waals surface area contributed by atoms with Crippen molar-refractivity contribution in [3.05, 3.63) is 35.6 Å². The molecule has 0 aromatic heterocycles. The third kappa shape index (κ3) is 4.42. The first-order chi connectivity index (χ1) is 10.5. The van der Waals surface area contributed by atoms with E-state index in [1.165, 1.54) is 12.1 Å². The van der Waals surface area contributed by atoms with Crippen molar-refractivity contribution in [1.82, 2.24) is 15.1 Å². The normalized spacial score (nSPS) is 15.7. The summed E-state index contributed by atoms with van der Waals surface area (Å²) in [5, 5.41) is 12.0. The van der Waals surface area contributed by atoms with Crippen LogP contribution in [0.3, 0.4) is 0 Å². The van der Waals surface area contributed by atoms with Gasteiger partial charge in [-0.25, -0.2) is 9.18 Å². The number of amides is 2. The number of hydrogen-bond donors (Lipinski definition) is 2. The van der Waals surface area contributed by atoms with E-state index in [1.54, 1.807) is 17.0 Å². The van der Waals surface area contributed by atoms with Gasteiger partial charge >= 0.3 is 6.03 Å². The summed E-state index contributed by atoms with van der Waals surface area (Å²) in [6.07, 6.45) is 2.00. The van der Waals surface area contributed by atoms with Crippen LogP contribution in [0.25, 0.3) is 0 Å². The number of nitrogens with zero attached hydrogens (tertiary/aromatic N) is 2. The van der Waals surface area contributed by atoms with Crippen LogP contribution in [0.2, 0.25) is 0 Å². The number of halogens is 1. The van der Waals surface area contributed by atoms with E-state index in [2.05, 4.69) is 5.32 Å². The highest BCUT2D eigenvalue weighted by molar-refractivity contribution is 5.75. The van der Waals surface area contributed by atoms with E-state index in [-0.39, 0.29) is 30.5 Å². The second-order valence-corrected chi connectivity index (χ2v) is 5.87. The Morgan fingerprint density at radius 3 is 2.50 bits per heavy atom. The molecule has 1 atom stereocenters. The fourth-order valence-electron chi connectivity index (χ4n) is 2.51. The fraction of sp³-hybridized carbons (Fsp3) is 0.562. The number of carbonyl (C=O) groups is 1. The number of aliphatic hydroxyl groups is 1. The highest BCUT2D eigenvalue weighted by Crippen LogP contribution is 2.26. The van der Waals surface area contributed by atoms with E-state index < -0.39 is 0 Å². The minimum absolute atomic E-state index is 0.0280. The lowest BCUT2D eigenvalue weighted by Crippen LogP contribution is -2.45. The van der Waals surface area contributed by atoms with Crippen molar-refractivity contribution in [2.45, 2.75) is 24.9 Å². The van der Waals surface area contributed by atoms with Crippen molar-refractivity contribution < 1.29 is 14.3 Å². The molecule has 1 unspecified atom stereocenters. The maximum atomic E-state index is 13.0. The third-order valence-corrected chi connectivity index (χ3v) is 3.91. The Bertz CT molecular complexity index is 489. The Morgan fingerprint density at radius 1 is 1.36 bits per heavy atom. The van der Waals surface area contributed by atoms with Crippen molar-refractivity contribution in [2.24, 2.45) is 0 Å². The van der Waals surface area contributed by atoms with Crippen LogP contribution in [0.15, 0.2) is 24.3 Å². The quantitative estimate of drug-likeness (QED) is 0.804. The molecule has 1 fully saturated rings. The monoisotopic (exact) mass is 309 g/mol. The van der Waals surface area contributed by atoms with Gasteiger partial charge in [0.05, 0.1) is 12.6 Å². The third-order valence-electron chi connectivity index (χ3n) is 3.91. The predicted octanol–water partition coefficient (Wildman–Crippen LogP) is 1.59. The van der Waals surface area contributed by atoms with E-state index in [0.29, 0.717) is 13.1 Å². The first-order valence-electron chi connectivity index (χ1n) is 7.60. The summed E-state index contributed by atoms with van der Waals surface area (Å²) in [6, 6.07) is 6.41. The zero-order chi connectivity index (χ0) is 16.1. The van der Waals surface area contributed by atoms with Crippen LogP contribution in [0.1, 0.15) is 24.4 Å². The minimum Gasteiger partial charge on any atom is -0.395 e. The van der Waals surface area contributed by atoms with Crippen LogP contribution >= 0.6 is 0 Å². The van der Waals surface area contributed by atoms with E-state index in [1.807, 2.05) is 19.0 Å². The molecule has 2 rings (SSSR count). The number of benzene rings is 1. The highest BCUT2D eigenvalue weighted by atomic mass is 19.1. The maximum Gasteiger partial charge on any atom is 0.317 e. The van der Waals surface area contributed by atoms with Crippen LogP contribution in [0.4, 0.5) is 9.18 Å². The second-order valence-electron chi connectivity index (χ2n) is 5.87. The van der Waals surface area contributed by atoms with Crippen LogP contribution < -0.4 is 5.32 Å². The van der Waals surface area contributed by atoms with Gasteiger partial charge in [-0.05, 0) is 44.6 Å². The van der Waals surface area contributed by atoms with E-state index >= 15 is 0 Å². The molecule has 0 radical (unpaired) electrons. The zero-order valence-electron chi connectivity index (χ0n) is 13.1. The Hall–Kier alpha value is -1.66. The van der Waals surface area contributed by atoms with Gasteiger partial charge in [0.25, 0.3) is 0 Å². The molecule has 2 amide bonds. The SMILES string of the molecule is CN(C)C(CNC(=O)N(CCO)C1CC1)c1ccc(F)cc1. The smallest absolute Gasteiger partial charge is 0.317 e. The number of nitrogens with one attached hydrogen (secondary N) is 1. The van der Waals surface area contributed by atoms with Gasteiger partial charge in [-0.1, -0.05) is 12.1 Å². The standard InChI is InChI=1S/C16H24FN3O2/c1-19(2)15(12-3-5-13(17)6-4-12)11-18-16(22)20(9-10-21)14-7-8-14/h3-6,14-15,21H,7-11H2,1-2H3,(H,18,22). The van der Waals surface area contributed by atoms with Gasteiger partial charge in [-0.2, -0.15) is 0 Å². The lowest BCUT2D eigenvalue weighted by Gasteiger charge is -2.27. The molecule has 1 aliphatic carbocycles. The molecule has 0 aliphatic heterocycles. The number of aliphatic hydroxyl groups excluding tert-OH is 1. The van der Waals surface area contributed by atoms with E-state index in [4.69, 9.17) is 5.11 Å². The summed E-state index contributed by atoms with van der Waals surface area (Å²) in [4.78, 5) is 15.9. The van der Waals surface area contributed by atoms with Crippen molar-refractivity contribution >= 4 is 6.03 Å². The van der Waals surface area contributed by atoms with Gasteiger partial charge in [-0.15, -0.1) is 0 Å². The summed E-state index contributed by atoms with van der Waals surface area (Å²) in [6.45, 7) is 0.769. The molecular formula is C16H24FN3O2. The highest BCUT2D eigenvalue weighted by Gasteiger charge is 2.32. The molecule has 0 heterocycles. The van der Waals surface area contributed by atoms with Gasteiger partial charge < -0.3 is 20.2 Å². The van der Waals surface area contributed by atoms with Gasteiger partial charge in [0, 0.05) is 19.1 Å². The number of carbonyl (C=O) groups excluding carboxylic acids is 1. The average Bonchev–Trinajstić information content (AvgIpc) is 3.30. The first-order valence-corrected chi connectivity index (χ1v) is 7.60. The molecule has 1 aliphatic rings. The molecule has 1 aromatic rings. The van der Waals surface area contributed by atoms with E-state index in [0.717, 1.165) is 18.4 Å². The van der Waals surface area contributed by atoms with Gasteiger partial charge in [0.2, 0.25) is 0 Å². The Balaban J connectivity index is 1.96. The summed E-state index contributed by atoms with van der Waals surface area (Å²) in [5.41, 5.74) is 0.951. The Kier molecular flexibility index (Phi) is 5.74. The van der Waals surface area contributed by atoms with Crippen LogP contribution in [-0.4, -0.2) is 60.8 Å². The predicted molar refractivity (Wildman–Crippen MR) is 83.0 cm³/mol. The fourth-order valence-corrected chi connectivity index (χ4v) is 2.51. The molecular weight excluding hydrogens is 285 g/mol. The van der Waals surface area contributed by atoms with E-state index in [9.17, 15) is 9.18 Å². The average molecular weight is 309 g/mol. The van der Waals surface area contributed by atoms with Crippen molar-refractivity contribution in [3.8, 4) is 0 Å². The van der Waals surface area contributed by atoms with Crippen LogP contribution in [0, 0.1) is 5.82 Å². The van der Waals surface area contributed by atoms with Gasteiger partial charge in [0.15, 0.2) is 0 Å². The molecule has 22 heavy (non-hydrogen) atoms. The van der Waals surface area contributed by atoms with Gasteiger partial charge in [-0.3, -0.25) is 0 Å². The minimum atomic E-state index is -0.270. The zero-order valence-corrected chi connectivity index (χ0v) is 13.1. The first kappa shape index (κ1) is 16.7. The van der Waals surface area contributed by atoms with Crippen molar-refractivity contribution in [1.29, 1.82) is 0 Å². The number of rotatable bonds is 7. The molecule has 122 valence electrons. The lowest BCUT2D eigenvalue weighted by atomic mass is 10.1. The molecule has 5 nitrogen and oxygen atoms in total. The molecule has 0 saturated heterocycles. The molecule has 1 saturated carbocycles. The van der Waals surface area contributed by atoms with Crippen molar-refractivity contribution in [2.75, 3.05) is 33.8 Å². The summed E-state index contributed by atoms with van der Waals surface area (Å²) in [7, 11) is 3.85. The Labute approximate surface area is 130 Å². The summed E-state index contributed by atoms with van der Waals surface area (Å²) < 4.78 is 13.0. The Morgan fingerprint density at radius 2 is 2.00 bits per heavy atom. The number of urea groups is 1. The topological polar surface area (TPSA) is 55.8 Å². The number of likely N-dealkylation sites (N-methyl/N-ethyl adjacent to an activating group) is 1. The van der Waals surface area contributed by atoms with Crippen LogP contribution in [0.5, 0.6) is 0 Å². The molecule has 2 N–H and O–H groups in total. The molecule has 0 spiro atoms. The largest absolute Gasteiger partial charge is 0.395 e. The van der Waals surface area contributed by atoms with Crippen LogP contribution in [-0.2, 0) is 0 Å². The molecule has 0 bridgehead atoms. The summed E-state index contributed by atoms with van der Waals surface area (Å²) in [5.74, 6) is -0.270. The molecule has 1 aromatic carbocycles. The van der Waals surface area contributed by atoms with Gasteiger partial charge in [0.1, 0.15) is 5.82 Å². The maximum absolute atomic E-state index is 13.0. The number of hydrogen-bond acceptors (Lipinski definition) is 3. The van der Waals surface area contributed by atoms with Crippen molar-refractivity contribution in [3.63, 3.8) is 0 Å². The summed E-state index contributed by atoms with van der Waals surface area (Å²) >= 11 is 0. The molecule has 6 heteroatoms. The lowest BCUT2D eigenvalue weighted by molar-refractivity contribution is 0.170.